The molecule has 0 saturated carbocycles. The van der Waals surface area contributed by atoms with Gasteiger partial charge in [-0.15, -0.1) is 0 Å². The molecule has 1 rings (SSSR count). The monoisotopic (exact) mass is 251 g/mol. The van der Waals surface area contributed by atoms with Crippen LogP contribution in [-0.2, 0) is 4.74 Å². The highest BCUT2D eigenvalue weighted by atomic mass is 16.6. The molecule has 0 aromatic carbocycles. The van der Waals surface area contributed by atoms with Gasteiger partial charge >= 0.3 is 6.09 Å². The molecule has 0 aliphatic carbocycles. The Balaban J connectivity index is 2.56. The Kier molecular flexibility index (Phi) is 4.53. The smallest absolute Gasteiger partial charge is 0.412 e. The van der Waals surface area contributed by atoms with Gasteiger partial charge in [0.1, 0.15) is 11.4 Å². The molecule has 0 radical (unpaired) electrons. The second-order valence-corrected chi connectivity index (χ2v) is 5.36. The molecular formula is C13H21N3O2. The van der Waals surface area contributed by atoms with E-state index in [0.717, 1.165) is 5.82 Å². The Hall–Kier alpha value is -1.78. The molecular weight excluding hydrogens is 230 g/mol. The van der Waals surface area contributed by atoms with Gasteiger partial charge in [-0.3, -0.25) is 5.32 Å². The van der Waals surface area contributed by atoms with Crippen molar-refractivity contribution in [3.63, 3.8) is 0 Å². The number of carbonyl (C=O) groups is 1. The van der Waals surface area contributed by atoms with Crippen LogP contribution in [0.1, 0.15) is 34.6 Å². The number of anilines is 2. The van der Waals surface area contributed by atoms with Crippen molar-refractivity contribution in [2.45, 2.75) is 46.3 Å². The van der Waals surface area contributed by atoms with Gasteiger partial charge < -0.3 is 10.1 Å². The fourth-order valence-electron chi connectivity index (χ4n) is 1.27. The van der Waals surface area contributed by atoms with Crippen LogP contribution in [0.2, 0.25) is 0 Å². The molecule has 1 aromatic heterocycles. The Bertz CT molecular complexity index is 394. The molecule has 0 bridgehead atoms. The van der Waals surface area contributed by atoms with E-state index in [1.165, 1.54) is 0 Å². The second-order valence-electron chi connectivity index (χ2n) is 5.36. The third-order valence-electron chi connectivity index (χ3n) is 1.85. The van der Waals surface area contributed by atoms with Gasteiger partial charge in [-0.2, -0.15) is 0 Å². The molecule has 5 nitrogen and oxygen atoms in total. The summed E-state index contributed by atoms with van der Waals surface area (Å²) in [4.78, 5) is 15.7. The SMILES string of the molecule is CC(C)Nc1ccc(NC(=O)OC(C)(C)C)cn1. The van der Waals surface area contributed by atoms with Crippen molar-refractivity contribution in [2.24, 2.45) is 0 Å². The Morgan fingerprint density at radius 1 is 1.33 bits per heavy atom. The molecule has 0 atom stereocenters. The van der Waals surface area contributed by atoms with Crippen LogP contribution in [0.4, 0.5) is 16.3 Å². The van der Waals surface area contributed by atoms with E-state index < -0.39 is 11.7 Å². The molecule has 100 valence electrons. The first-order chi connectivity index (χ1) is 8.26. The van der Waals surface area contributed by atoms with E-state index in [2.05, 4.69) is 15.6 Å². The van der Waals surface area contributed by atoms with E-state index >= 15 is 0 Å². The lowest BCUT2D eigenvalue weighted by molar-refractivity contribution is 0.0636. The predicted octanol–water partition coefficient (Wildman–Crippen LogP) is 3.25. The fourth-order valence-corrected chi connectivity index (χ4v) is 1.27. The number of ether oxygens (including phenoxy) is 1. The summed E-state index contributed by atoms with van der Waals surface area (Å²) >= 11 is 0. The van der Waals surface area contributed by atoms with E-state index in [1.54, 1.807) is 12.3 Å². The first kappa shape index (κ1) is 14.3. The van der Waals surface area contributed by atoms with Crippen molar-refractivity contribution in [1.29, 1.82) is 0 Å². The lowest BCUT2D eigenvalue weighted by atomic mass is 10.2. The molecule has 5 heteroatoms. The van der Waals surface area contributed by atoms with E-state index in [0.29, 0.717) is 11.7 Å². The summed E-state index contributed by atoms with van der Waals surface area (Å²) in [7, 11) is 0. The third kappa shape index (κ3) is 5.52. The number of carbonyl (C=O) groups excluding carboxylic acids is 1. The zero-order valence-electron chi connectivity index (χ0n) is 11.6. The topological polar surface area (TPSA) is 63.2 Å². The minimum absolute atomic E-state index is 0.321. The number of hydrogen-bond donors (Lipinski definition) is 2. The van der Waals surface area contributed by atoms with Crippen molar-refractivity contribution in [3.05, 3.63) is 18.3 Å². The third-order valence-corrected chi connectivity index (χ3v) is 1.85. The van der Waals surface area contributed by atoms with Gasteiger partial charge in [0.05, 0.1) is 11.9 Å². The molecule has 1 heterocycles. The molecule has 0 spiro atoms. The van der Waals surface area contributed by atoms with Gasteiger partial charge in [-0.1, -0.05) is 0 Å². The lowest BCUT2D eigenvalue weighted by Crippen LogP contribution is -2.27. The highest BCUT2D eigenvalue weighted by Gasteiger charge is 2.16. The van der Waals surface area contributed by atoms with Gasteiger partial charge in [0.25, 0.3) is 0 Å². The van der Waals surface area contributed by atoms with Crippen molar-refractivity contribution in [2.75, 3.05) is 10.6 Å². The maximum atomic E-state index is 11.5. The normalized spacial score (nSPS) is 11.2. The van der Waals surface area contributed by atoms with Gasteiger partial charge in [-0.25, -0.2) is 9.78 Å². The van der Waals surface area contributed by atoms with Crippen LogP contribution in [0, 0.1) is 0 Å². The van der Waals surface area contributed by atoms with E-state index in [4.69, 9.17) is 4.74 Å². The summed E-state index contributed by atoms with van der Waals surface area (Å²) in [5.74, 6) is 0.778. The van der Waals surface area contributed by atoms with Crippen molar-refractivity contribution < 1.29 is 9.53 Å². The molecule has 0 fully saturated rings. The van der Waals surface area contributed by atoms with Crippen LogP contribution in [-0.4, -0.2) is 22.7 Å². The van der Waals surface area contributed by atoms with Crippen molar-refractivity contribution in [3.8, 4) is 0 Å². The molecule has 1 amide bonds. The van der Waals surface area contributed by atoms with Crippen LogP contribution in [0.3, 0.4) is 0 Å². The maximum Gasteiger partial charge on any atom is 0.412 e. The number of pyridine rings is 1. The summed E-state index contributed by atoms with van der Waals surface area (Å²) in [5.41, 5.74) is 0.106. The van der Waals surface area contributed by atoms with Crippen LogP contribution in [0.5, 0.6) is 0 Å². The highest BCUT2D eigenvalue weighted by molar-refractivity contribution is 5.84. The Morgan fingerprint density at radius 2 is 2.00 bits per heavy atom. The molecule has 18 heavy (non-hydrogen) atoms. The molecule has 0 saturated heterocycles. The maximum absolute atomic E-state index is 11.5. The quantitative estimate of drug-likeness (QED) is 0.865. The lowest BCUT2D eigenvalue weighted by Gasteiger charge is -2.19. The molecule has 0 unspecified atom stereocenters. The van der Waals surface area contributed by atoms with E-state index in [1.807, 2.05) is 40.7 Å². The largest absolute Gasteiger partial charge is 0.444 e. The molecule has 2 N–H and O–H groups in total. The fraction of sp³-hybridized carbons (Fsp3) is 0.538. The number of aromatic nitrogens is 1. The number of rotatable bonds is 3. The number of nitrogens with zero attached hydrogens (tertiary/aromatic N) is 1. The Morgan fingerprint density at radius 3 is 2.44 bits per heavy atom. The molecule has 1 aromatic rings. The minimum atomic E-state index is -0.503. The first-order valence-corrected chi connectivity index (χ1v) is 5.99. The van der Waals surface area contributed by atoms with Gasteiger partial charge in [0.15, 0.2) is 0 Å². The van der Waals surface area contributed by atoms with E-state index in [9.17, 15) is 4.79 Å². The van der Waals surface area contributed by atoms with Crippen LogP contribution < -0.4 is 10.6 Å². The second kappa shape index (κ2) is 5.71. The standard InChI is InChI=1S/C13H21N3O2/c1-9(2)15-11-7-6-10(8-14-11)16-12(17)18-13(3,4)5/h6-9H,1-5H3,(H,14,15)(H,16,17). The van der Waals surface area contributed by atoms with Crippen molar-refractivity contribution in [1.82, 2.24) is 4.98 Å². The zero-order chi connectivity index (χ0) is 13.8. The molecule has 0 aliphatic heterocycles. The predicted molar refractivity (Wildman–Crippen MR) is 72.9 cm³/mol. The van der Waals surface area contributed by atoms with Gasteiger partial charge in [0, 0.05) is 6.04 Å². The average Bonchev–Trinajstić information content (AvgIpc) is 2.17. The first-order valence-electron chi connectivity index (χ1n) is 5.99. The Labute approximate surface area is 108 Å². The zero-order valence-corrected chi connectivity index (χ0v) is 11.6. The minimum Gasteiger partial charge on any atom is -0.444 e. The van der Waals surface area contributed by atoms with Gasteiger partial charge in [-0.05, 0) is 46.8 Å². The van der Waals surface area contributed by atoms with Gasteiger partial charge in [0.2, 0.25) is 0 Å². The summed E-state index contributed by atoms with van der Waals surface area (Å²) in [5, 5.41) is 5.80. The molecule has 0 aliphatic rings. The van der Waals surface area contributed by atoms with Crippen LogP contribution in [0.25, 0.3) is 0 Å². The van der Waals surface area contributed by atoms with Crippen molar-refractivity contribution >= 4 is 17.6 Å². The van der Waals surface area contributed by atoms with Crippen LogP contribution >= 0.6 is 0 Å². The van der Waals surface area contributed by atoms with E-state index in [-0.39, 0.29) is 0 Å². The highest BCUT2D eigenvalue weighted by Crippen LogP contribution is 2.13. The number of nitrogens with one attached hydrogen (secondary N) is 2. The average molecular weight is 251 g/mol. The number of hydrogen-bond acceptors (Lipinski definition) is 4. The number of amides is 1. The summed E-state index contributed by atoms with van der Waals surface area (Å²) in [6, 6.07) is 3.91. The summed E-state index contributed by atoms with van der Waals surface area (Å²) in [6.45, 7) is 9.53. The summed E-state index contributed by atoms with van der Waals surface area (Å²) < 4.78 is 5.14. The van der Waals surface area contributed by atoms with Crippen LogP contribution in [0.15, 0.2) is 18.3 Å². The summed E-state index contributed by atoms with van der Waals surface area (Å²) in [6.07, 6.45) is 1.11.